The van der Waals surface area contributed by atoms with Crippen LogP contribution >= 0.6 is 34.3 Å². The molecule has 0 unspecified atom stereocenters. The standard InChI is InChI=1S/C25H14ClNOS2/c26-21-23-22(18-7-3-4-8-20(18)29-23)30-24(21)25(28)27-16-12-11-15-10-9-14-5-1-2-6-17(14)19(15)13-16/h1-13H,(H,27,28). The van der Waals surface area contributed by atoms with Gasteiger partial charge in [0, 0.05) is 15.8 Å². The van der Waals surface area contributed by atoms with Crippen molar-refractivity contribution in [3.05, 3.63) is 88.8 Å². The Labute approximate surface area is 185 Å². The number of carbonyl (C=O) groups is 1. The second kappa shape index (κ2) is 6.81. The van der Waals surface area contributed by atoms with E-state index in [0.29, 0.717) is 9.90 Å². The first-order valence-electron chi connectivity index (χ1n) is 9.51. The minimum atomic E-state index is -0.169. The van der Waals surface area contributed by atoms with E-state index in [0.717, 1.165) is 31.2 Å². The van der Waals surface area contributed by atoms with Crippen molar-refractivity contribution in [1.29, 1.82) is 0 Å². The van der Waals surface area contributed by atoms with E-state index in [9.17, 15) is 4.79 Å². The number of thiophene rings is 2. The number of hydrogen-bond donors (Lipinski definition) is 1. The van der Waals surface area contributed by atoms with Crippen LogP contribution in [0.1, 0.15) is 9.67 Å². The Kier molecular flexibility index (Phi) is 4.06. The van der Waals surface area contributed by atoms with E-state index < -0.39 is 0 Å². The summed E-state index contributed by atoms with van der Waals surface area (Å²) in [4.78, 5) is 13.6. The molecule has 2 nitrogen and oxygen atoms in total. The van der Waals surface area contributed by atoms with Gasteiger partial charge >= 0.3 is 0 Å². The number of anilines is 1. The summed E-state index contributed by atoms with van der Waals surface area (Å²) in [6.45, 7) is 0. The molecule has 0 bridgehead atoms. The van der Waals surface area contributed by atoms with Crippen LogP contribution in [-0.4, -0.2) is 5.91 Å². The van der Waals surface area contributed by atoms with E-state index in [1.807, 2.05) is 42.5 Å². The first-order valence-corrected chi connectivity index (χ1v) is 11.5. The zero-order valence-corrected chi connectivity index (χ0v) is 18.0. The maximum Gasteiger partial charge on any atom is 0.267 e. The molecule has 0 fully saturated rings. The van der Waals surface area contributed by atoms with Gasteiger partial charge in [-0.25, -0.2) is 0 Å². The van der Waals surface area contributed by atoms with Gasteiger partial charge in [0.15, 0.2) is 0 Å². The number of nitrogens with one attached hydrogen (secondary N) is 1. The Morgan fingerprint density at radius 1 is 0.733 bits per heavy atom. The molecule has 30 heavy (non-hydrogen) atoms. The topological polar surface area (TPSA) is 29.1 Å². The molecule has 144 valence electrons. The summed E-state index contributed by atoms with van der Waals surface area (Å²) in [6, 6.07) is 26.7. The minimum absolute atomic E-state index is 0.169. The summed E-state index contributed by atoms with van der Waals surface area (Å²) in [6.07, 6.45) is 0. The largest absolute Gasteiger partial charge is 0.321 e. The van der Waals surface area contributed by atoms with Crippen molar-refractivity contribution in [1.82, 2.24) is 0 Å². The second-order valence-corrected chi connectivity index (χ2v) is 9.63. The van der Waals surface area contributed by atoms with Crippen molar-refractivity contribution in [3.8, 4) is 0 Å². The van der Waals surface area contributed by atoms with Crippen LogP contribution < -0.4 is 5.32 Å². The van der Waals surface area contributed by atoms with Crippen LogP contribution in [0.4, 0.5) is 5.69 Å². The van der Waals surface area contributed by atoms with Crippen LogP contribution in [0.15, 0.2) is 78.9 Å². The predicted octanol–water partition coefficient (Wildman–Crippen LogP) is 8.33. The third-order valence-corrected chi connectivity index (χ3v) is 8.50. The number of halogens is 1. The summed E-state index contributed by atoms with van der Waals surface area (Å²) in [5, 5.41) is 9.36. The Balaban J connectivity index is 1.41. The van der Waals surface area contributed by atoms with Crippen molar-refractivity contribution in [2.24, 2.45) is 0 Å². The molecule has 2 aromatic heterocycles. The smallest absolute Gasteiger partial charge is 0.267 e. The lowest BCUT2D eigenvalue weighted by atomic mass is 10.0. The van der Waals surface area contributed by atoms with E-state index in [2.05, 4.69) is 41.7 Å². The fourth-order valence-electron chi connectivity index (χ4n) is 3.93. The molecule has 5 heteroatoms. The second-order valence-electron chi connectivity index (χ2n) is 7.18. The van der Waals surface area contributed by atoms with E-state index in [4.69, 9.17) is 11.6 Å². The predicted molar refractivity (Wildman–Crippen MR) is 132 cm³/mol. The number of benzene rings is 4. The molecule has 0 saturated heterocycles. The lowest BCUT2D eigenvalue weighted by Crippen LogP contribution is -2.10. The monoisotopic (exact) mass is 443 g/mol. The van der Waals surface area contributed by atoms with Gasteiger partial charge in [0.1, 0.15) is 4.88 Å². The van der Waals surface area contributed by atoms with Crippen LogP contribution in [-0.2, 0) is 0 Å². The lowest BCUT2D eigenvalue weighted by molar-refractivity contribution is 0.103. The molecule has 0 aliphatic rings. The van der Waals surface area contributed by atoms with Crippen molar-refractivity contribution >= 4 is 86.9 Å². The highest BCUT2D eigenvalue weighted by Crippen LogP contribution is 2.45. The minimum Gasteiger partial charge on any atom is -0.321 e. The molecule has 6 rings (SSSR count). The Morgan fingerprint density at radius 2 is 1.43 bits per heavy atom. The highest BCUT2D eigenvalue weighted by Gasteiger charge is 2.20. The van der Waals surface area contributed by atoms with Crippen molar-refractivity contribution < 1.29 is 4.79 Å². The number of hydrogen-bond acceptors (Lipinski definition) is 3. The fourth-order valence-corrected chi connectivity index (χ4v) is 6.84. The quantitative estimate of drug-likeness (QED) is 0.268. The van der Waals surface area contributed by atoms with Crippen LogP contribution in [0.25, 0.3) is 41.0 Å². The fraction of sp³-hybridized carbons (Fsp3) is 0. The van der Waals surface area contributed by atoms with Crippen molar-refractivity contribution in [2.75, 3.05) is 5.32 Å². The molecule has 1 amide bonds. The van der Waals surface area contributed by atoms with E-state index in [-0.39, 0.29) is 5.91 Å². The normalized spacial score (nSPS) is 11.6. The Bertz CT molecular complexity index is 1610. The average molecular weight is 444 g/mol. The molecule has 6 aromatic rings. The van der Waals surface area contributed by atoms with Crippen LogP contribution in [0.3, 0.4) is 0 Å². The molecule has 4 aromatic carbocycles. The lowest BCUT2D eigenvalue weighted by Gasteiger charge is -2.08. The van der Waals surface area contributed by atoms with Crippen molar-refractivity contribution in [3.63, 3.8) is 0 Å². The number of rotatable bonds is 2. The zero-order valence-electron chi connectivity index (χ0n) is 15.6. The molecule has 0 radical (unpaired) electrons. The maximum absolute atomic E-state index is 13.1. The molecule has 0 aliphatic heterocycles. The van der Waals surface area contributed by atoms with Gasteiger partial charge in [0.25, 0.3) is 5.91 Å². The van der Waals surface area contributed by atoms with Gasteiger partial charge in [0.05, 0.1) is 14.4 Å². The molecule has 0 saturated carbocycles. The van der Waals surface area contributed by atoms with E-state index in [1.54, 1.807) is 11.3 Å². The van der Waals surface area contributed by atoms with Crippen LogP contribution in [0, 0.1) is 0 Å². The molecule has 0 atom stereocenters. The zero-order chi connectivity index (χ0) is 20.2. The van der Waals surface area contributed by atoms with E-state index >= 15 is 0 Å². The summed E-state index contributed by atoms with van der Waals surface area (Å²) < 4.78 is 3.25. The summed E-state index contributed by atoms with van der Waals surface area (Å²) in [5.41, 5.74) is 0.765. The maximum atomic E-state index is 13.1. The molecule has 1 N–H and O–H groups in total. The summed E-state index contributed by atoms with van der Waals surface area (Å²) in [5.74, 6) is -0.169. The molecule has 0 spiro atoms. The van der Waals surface area contributed by atoms with E-state index in [1.165, 1.54) is 26.8 Å². The Morgan fingerprint density at radius 3 is 2.30 bits per heavy atom. The third kappa shape index (κ3) is 2.72. The van der Waals surface area contributed by atoms with Gasteiger partial charge in [-0.05, 0) is 39.7 Å². The van der Waals surface area contributed by atoms with Crippen molar-refractivity contribution in [2.45, 2.75) is 0 Å². The first kappa shape index (κ1) is 17.9. The highest BCUT2D eigenvalue weighted by molar-refractivity contribution is 7.34. The van der Waals surface area contributed by atoms with Gasteiger partial charge in [0.2, 0.25) is 0 Å². The first-order chi connectivity index (χ1) is 14.7. The molecule has 0 aliphatic carbocycles. The summed E-state index contributed by atoms with van der Waals surface area (Å²) in [7, 11) is 0. The van der Waals surface area contributed by atoms with Gasteiger partial charge in [-0.15, -0.1) is 22.7 Å². The Hall–Kier alpha value is -2.92. The number of amides is 1. The summed E-state index contributed by atoms with van der Waals surface area (Å²) >= 11 is 9.72. The molecule has 2 heterocycles. The highest BCUT2D eigenvalue weighted by atomic mass is 35.5. The third-order valence-electron chi connectivity index (χ3n) is 5.36. The number of carbonyl (C=O) groups excluding carboxylic acids is 1. The van der Waals surface area contributed by atoms with Gasteiger partial charge in [-0.2, -0.15) is 0 Å². The van der Waals surface area contributed by atoms with Crippen LogP contribution in [0.5, 0.6) is 0 Å². The molecular formula is C25H14ClNOS2. The van der Waals surface area contributed by atoms with Crippen LogP contribution in [0.2, 0.25) is 5.02 Å². The average Bonchev–Trinajstić information content (AvgIpc) is 3.30. The SMILES string of the molecule is O=C(Nc1ccc2ccc3ccccc3c2c1)c1sc2c(sc3ccccc32)c1Cl. The van der Waals surface area contributed by atoms with Gasteiger partial charge < -0.3 is 5.32 Å². The van der Waals surface area contributed by atoms with Gasteiger partial charge in [-0.3, -0.25) is 4.79 Å². The molecular weight excluding hydrogens is 430 g/mol. The number of fused-ring (bicyclic) bond motifs is 6. The van der Waals surface area contributed by atoms with Gasteiger partial charge in [-0.1, -0.05) is 72.3 Å².